The van der Waals surface area contributed by atoms with Crippen molar-refractivity contribution in [2.75, 3.05) is 10.7 Å². The smallest absolute Gasteiger partial charge is 0.335 e. The molecule has 0 aliphatic heterocycles. The minimum Gasteiger partial charge on any atom is -0.478 e. The van der Waals surface area contributed by atoms with Crippen LogP contribution in [0.1, 0.15) is 10.4 Å². The largest absolute Gasteiger partial charge is 0.478 e. The zero-order chi connectivity index (χ0) is 18.5. The second-order valence-corrected chi connectivity index (χ2v) is 5.08. The number of aromatic carboxylic acids is 1. The van der Waals surface area contributed by atoms with E-state index in [2.05, 4.69) is 20.3 Å². The van der Waals surface area contributed by atoms with E-state index in [0.717, 1.165) is 0 Å². The monoisotopic (exact) mass is 352 g/mol. The van der Waals surface area contributed by atoms with Crippen LogP contribution in [0, 0.1) is 10.1 Å². The number of nitrogens with one attached hydrogen (secondary N) is 2. The third-order valence-electron chi connectivity index (χ3n) is 3.28. The van der Waals surface area contributed by atoms with Crippen molar-refractivity contribution in [2.24, 2.45) is 0 Å². The average Bonchev–Trinajstić information content (AvgIpc) is 2.62. The summed E-state index contributed by atoms with van der Waals surface area (Å²) in [6.07, 6.45) is 3.14. The number of rotatable bonds is 6. The Labute approximate surface area is 146 Å². The number of hydrogen-bond donors (Lipinski definition) is 3. The molecule has 0 spiro atoms. The van der Waals surface area contributed by atoms with Gasteiger partial charge >= 0.3 is 5.97 Å². The molecular weight excluding hydrogens is 340 g/mol. The molecular formula is C16H12N6O4. The number of anilines is 3. The Morgan fingerprint density at radius 1 is 1.12 bits per heavy atom. The maximum Gasteiger partial charge on any atom is 0.335 e. The van der Waals surface area contributed by atoms with Crippen molar-refractivity contribution in [1.82, 2.24) is 15.0 Å². The third-order valence-corrected chi connectivity index (χ3v) is 3.28. The van der Waals surface area contributed by atoms with Gasteiger partial charge in [-0.25, -0.2) is 19.9 Å². The number of carboxylic acids is 1. The Morgan fingerprint density at radius 2 is 1.88 bits per heavy atom. The van der Waals surface area contributed by atoms with Crippen LogP contribution in [0.3, 0.4) is 0 Å². The highest BCUT2D eigenvalue weighted by molar-refractivity contribution is 5.89. The van der Waals surface area contributed by atoms with Crippen molar-refractivity contribution in [3.8, 4) is 11.3 Å². The summed E-state index contributed by atoms with van der Waals surface area (Å²) in [5.41, 5.74) is 3.61. The molecule has 0 radical (unpaired) electrons. The zero-order valence-electron chi connectivity index (χ0n) is 13.2. The first-order valence-corrected chi connectivity index (χ1v) is 7.32. The molecule has 0 aliphatic carbocycles. The molecule has 2 heterocycles. The van der Waals surface area contributed by atoms with E-state index < -0.39 is 11.0 Å². The van der Waals surface area contributed by atoms with Gasteiger partial charge in [0.15, 0.2) is 5.03 Å². The average molecular weight is 352 g/mol. The van der Waals surface area contributed by atoms with Gasteiger partial charge in [0, 0.05) is 29.7 Å². The van der Waals surface area contributed by atoms with E-state index in [4.69, 9.17) is 5.11 Å². The molecule has 0 unspecified atom stereocenters. The van der Waals surface area contributed by atoms with E-state index in [1.807, 2.05) is 5.43 Å². The number of carbonyl (C=O) groups is 1. The molecule has 0 saturated carbocycles. The quantitative estimate of drug-likeness (QED) is 0.450. The van der Waals surface area contributed by atoms with E-state index >= 15 is 0 Å². The molecule has 10 heteroatoms. The molecule has 0 saturated heterocycles. The molecule has 1 aromatic carbocycles. The van der Waals surface area contributed by atoms with Gasteiger partial charge in [-0.3, -0.25) is 4.98 Å². The van der Waals surface area contributed by atoms with Crippen molar-refractivity contribution in [3.05, 3.63) is 70.5 Å². The second kappa shape index (κ2) is 7.21. The van der Waals surface area contributed by atoms with Gasteiger partial charge in [0.1, 0.15) is 5.82 Å². The van der Waals surface area contributed by atoms with Gasteiger partial charge < -0.3 is 10.4 Å². The fourth-order valence-electron chi connectivity index (χ4n) is 2.19. The molecule has 130 valence electrons. The fourth-order valence-corrected chi connectivity index (χ4v) is 2.19. The summed E-state index contributed by atoms with van der Waals surface area (Å²) in [6.45, 7) is 0. The molecule has 10 nitrogen and oxygen atoms in total. The Kier molecular flexibility index (Phi) is 4.65. The van der Waals surface area contributed by atoms with E-state index in [0.29, 0.717) is 16.9 Å². The molecule has 26 heavy (non-hydrogen) atoms. The van der Waals surface area contributed by atoms with Crippen molar-refractivity contribution in [2.45, 2.75) is 0 Å². The number of hydrogen-bond acceptors (Lipinski definition) is 7. The number of pyridine rings is 1. The number of aromatic nitrogens is 3. The molecule has 0 aliphatic rings. The summed E-state index contributed by atoms with van der Waals surface area (Å²) in [6, 6.07) is 11.1. The van der Waals surface area contributed by atoms with Crippen molar-refractivity contribution in [1.29, 1.82) is 0 Å². The first kappa shape index (κ1) is 16.8. The molecule has 0 bridgehead atoms. The van der Waals surface area contributed by atoms with Gasteiger partial charge in [-0.15, -0.1) is 0 Å². The first-order chi connectivity index (χ1) is 12.5. The summed E-state index contributed by atoms with van der Waals surface area (Å²) in [7, 11) is 0. The zero-order valence-corrected chi connectivity index (χ0v) is 13.2. The topological polar surface area (TPSA) is 143 Å². The predicted molar refractivity (Wildman–Crippen MR) is 92.6 cm³/mol. The summed E-state index contributed by atoms with van der Waals surface area (Å²) >= 11 is 0. The van der Waals surface area contributed by atoms with Crippen LogP contribution in [0.25, 0.3) is 11.3 Å². The number of benzene rings is 1. The van der Waals surface area contributed by atoms with Crippen LogP contribution < -0.4 is 10.7 Å². The van der Waals surface area contributed by atoms with E-state index in [-0.39, 0.29) is 17.3 Å². The van der Waals surface area contributed by atoms with Crippen LogP contribution in [0.5, 0.6) is 0 Å². The highest BCUT2D eigenvalue weighted by Gasteiger charge is 2.11. The van der Waals surface area contributed by atoms with Crippen LogP contribution >= 0.6 is 0 Å². The van der Waals surface area contributed by atoms with Crippen molar-refractivity contribution < 1.29 is 14.9 Å². The SMILES string of the molecule is O=C(O)c1cccc(Nc2cc(-c3ccncc3)nc(N[N+](=O)[O-])n2)c1. The standard InChI is InChI=1S/C16H12N6O4/c23-15(24)11-2-1-3-12(8-11)18-14-9-13(10-4-6-17-7-5-10)19-16(20-14)21-22(25)26/h1-9H,(H,23,24)(H2,18,19,20,21). The summed E-state index contributed by atoms with van der Waals surface area (Å²) in [5.74, 6) is -1.01. The summed E-state index contributed by atoms with van der Waals surface area (Å²) < 4.78 is 0. The van der Waals surface area contributed by atoms with Crippen LogP contribution in [0.4, 0.5) is 17.5 Å². The maximum atomic E-state index is 11.1. The van der Waals surface area contributed by atoms with Gasteiger partial charge in [0.25, 0.3) is 5.95 Å². The third kappa shape index (κ3) is 4.06. The van der Waals surface area contributed by atoms with Crippen molar-refractivity contribution >= 4 is 23.4 Å². The molecule has 0 fully saturated rings. The van der Waals surface area contributed by atoms with E-state index in [9.17, 15) is 14.9 Å². The molecule has 3 N–H and O–H groups in total. The van der Waals surface area contributed by atoms with Gasteiger partial charge in [0.05, 0.1) is 11.3 Å². The molecule has 0 atom stereocenters. The number of nitrogens with zero attached hydrogens (tertiary/aromatic N) is 4. The molecule has 3 aromatic rings. The van der Waals surface area contributed by atoms with Crippen molar-refractivity contribution in [3.63, 3.8) is 0 Å². The lowest BCUT2D eigenvalue weighted by molar-refractivity contribution is -0.446. The maximum absolute atomic E-state index is 11.1. The Hall–Kier alpha value is -4.08. The number of nitro groups is 1. The van der Waals surface area contributed by atoms with Crippen LogP contribution in [0.15, 0.2) is 54.9 Å². The highest BCUT2D eigenvalue weighted by atomic mass is 16.7. The Morgan fingerprint density at radius 3 is 2.58 bits per heavy atom. The highest BCUT2D eigenvalue weighted by Crippen LogP contribution is 2.23. The lowest BCUT2D eigenvalue weighted by Gasteiger charge is -2.09. The van der Waals surface area contributed by atoms with Crippen LogP contribution in [0.2, 0.25) is 0 Å². The van der Waals surface area contributed by atoms with Crippen LogP contribution in [-0.4, -0.2) is 31.1 Å². The van der Waals surface area contributed by atoms with Gasteiger partial charge in [-0.05, 0) is 30.3 Å². The van der Waals surface area contributed by atoms with E-state index in [1.54, 1.807) is 42.7 Å². The Bertz CT molecular complexity index is 964. The lowest BCUT2D eigenvalue weighted by atomic mass is 10.2. The Balaban J connectivity index is 1.99. The van der Waals surface area contributed by atoms with Gasteiger partial charge in [-0.2, -0.15) is 4.98 Å². The first-order valence-electron chi connectivity index (χ1n) is 7.32. The van der Waals surface area contributed by atoms with E-state index in [1.165, 1.54) is 12.1 Å². The van der Waals surface area contributed by atoms with Gasteiger partial charge in [0.2, 0.25) is 0 Å². The normalized spacial score (nSPS) is 10.2. The summed E-state index contributed by atoms with van der Waals surface area (Å²) in [5, 5.41) is 22.0. The fraction of sp³-hybridized carbons (Fsp3) is 0. The predicted octanol–water partition coefficient (Wildman–Crippen LogP) is 2.58. The lowest BCUT2D eigenvalue weighted by Crippen LogP contribution is -2.12. The summed E-state index contributed by atoms with van der Waals surface area (Å²) in [4.78, 5) is 33.9. The molecule has 3 rings (SSSR count). The second-order valence-electron chi connectivity index (χ2n) is 5.08. The number of hydrazine groups is 1. The minimum absolute atomic E-state index is 0.0991. The molecule has 2 aromatic heterocycles. The minimum atomic E-state index is -1.07. The van der Waals surface area contributed by atoms with Gasteiger partial charge in [-0.1, -0.05) is 11.5 Å². The number of carboxylic acid groups (broad SMARTS) is 1. The molecule has 0 amide bonds. The van der Waals surface area contributed by atoms with Crippen LogP contribution in [-0.2, 0) is 0 Å².